The summed E-state index contributed by atoms with van der Waals surface area (Å²) < 4.78 is 39.1. The Morgan fingerprint density at radius 2 is 1.89 bits per heavy atom. The van der Waals surface area contributed by atoms with Crippen LogP contribution in [0.25, 0.3) is 0 Å². The third kappa shape index (κ3) is 2.73. The SMILES string of the molecule is CC1CC(N)CCN1C(=O)c1cc(F)c(F)c(F)c1. The molecule has 2 atom stereocenters. The molecule has 0 radical (unpaired) electrons. The molecule has 19 heavy (non-hydrogen) atoms. The molecule has 1 aliphatic rings. The fraction of sp³-hybridized carbons (Fsp3) is 0.462. The van der Waals surface area contributed by atoms with E-state index in [1.54, 1.807) is 0 Å². The van der Waals surface area contributed by atoms with Crippen LogP contribution in [0.4, 0.5) is 13.2 Å². The Morgan fingerprint density at radius 3 is 2.42 bits per heavy atom. The van der Waals surface area contributed by atoms with Crippen LogP contribution in [0.15, 0.2) is 12.1 Å². The summed E-state index contributed by atoms with van der Waals surface area (Å²) in [6.45, 7) is 2.26. The van der Waals surface area contributed by atoms with Crippen LogP contribution < -0.4 is 5.73 Å². The number of halogens is 3. The van der Waals surface area contributed by atoms with Crippen molar-refractivity contribution in [1.29, 1.82) is 0 Å². The second kappa shape index (κ2) is 5.21. The predicted molar refractivity (Wildman–Crippen MR) is 64.0 cm³/mol. The van der Waals surface area contributed by atoms with E-state index in [9.17, 15) is 18.0 Å². The zero-order valence-corrected chi connectivity index (χ0v) is 10.5. The third-order valence-corrected chi connectivity index (χ3v) is 3.41. The second-order valence-electron chi connectivity index (χ2n) is 4.89. The number of nitrogens with two attached hydrogens (primary N) is 1. The molecule has 2 rings (SSSR count). The zero-order chi connectivity index (χ0) is 14.2. The van der Waals surface area contributed by atoms with Crippen molar-refractivity contribution in [2.24, 2.45) is 5.73 Å². The molecule has 0 saturated carbocycles. The lowest BCUT2D eigenvalue weighted by atomic mass is 9.98. The van der Waals surface area contributed by atoms with Crippen molar-refractivity contribution in [1.82, 2.24) is 4.90 Å². The van der Waals surface area contributed by atoms with Crippen molar-refractivity contribution < 1.29 is 18.0 Å². The molecule has 1 fully saturated rings. The van der Waals surface area contributed by atoms with E-state index >= 15 is 0 Å². The molecule has 1 aromatic carbocycles. The van der Waals surface area contributed by atoms with Crippen molar-refractivity contribution >= 4 is 5.91 Å². The smallest absolute Gasteiger partial charge is 0.254 e. The molecule has 104 valence electrons. The fourth-order valence-electron chi connectivity index (χ4n) is 2.36. The van der Waals surface area contributed by atoms with Gasteiger partial charge in [0, 0.05) is 24.2 Å². The number of carbonyl (C=O) groups excluding carboxylic acids is 1. The van der Waals surface area contributed by atoms with Crippen molar-refractivity contribution in [2.75, 3.05) is 6.54 Å². The number of carbonyl (C=O) groups is 1. The van der Waals surface area contributed by atoms with Gasteiger partial charge in [0.15, 0.2) is 17.5 Å². The van der Waals surface area contributed by atoms with E-state index < -0.39 is 23.4 Å². The van der Waals surface area contributed by atoms with Gasteiger partial charge < -0.3 is 10.6 Å². The average molecular weight is 272 g/mol. The maximum atomic E-state index is 13.1. The molecule has 2 unspecified atom stereocenters. The average Bonchev–Trinajstić information content (AvgIpc) is 2.34. The van der Waals surface area contributed by atoms with Gasteiger partial charge in [-0.25, -0.2) is 13.2 Å². The van der Waals surface area contributed by atoms with Gasteiger partial charge in [0.1, 0.15) is 0 Å². The van der Waals surface area contributed by atoms with Crippen LogP contribution in [0.2, 0.25) is 0 Å². The third-order valence-electron chi connectivity index (χ3n) is 3.41. The first-order chi connectivity index (χ1) is 8.90. The molecule has 0 aliphatic carbocycles. The Morgan fingerprint density at radius 1 is 1.32 bits per heavy atom. The minimum Gasteiger partial charge on any atom is -0.336 e. The second-order valence-corrected chi connectivity index (χ2v) is 4.89. The standard InChI is InChI=1S/C13H15F3N2O/c1-7-4-9(17)2-3-18(7)13(19)8-5-10(14)12(16)11(15)6-8/h5-7,9H,2-4,17H2,1H3. The van der Waals surface area contributed by atoms with E-state index in [0.717, 1.165) is 12.1 Å². The Labute approximate surface area is 109 Å². The Kier molecular flexibility index (Phi) is 3.80. The summed E-state index contributed by atoms with van der Waals surface area (Å²) in [5.74, 6) is -4.78. The Bertz CT molecular complexity index is 484. The van der Waals surface area contributed by atoms with E-state index in [1.165, 1.54) is 4.90 Å². The highest BCUT2D eigenvalue weighted by atomic mass is 19.2. The summed E-state index contributed by atoms with van der Waals surface area (Å²) in [6.07, 6.45) is 1.28. The number of hydrogen-bond acceptors (Lipinski definition) is 2. The van der Waals surface area contributed by atoms with E-state index in [1.807, 2.05) is 6.92 Å². The van der Waals surface area contributed by atoms with Crippen LogP contribution in [0.5, 0.6) is 0 Å². The molecule has 3 nitrogen and oxygen atoms in total. The molecule has 1 heterocycles. The Hall–Kier alpha value is -1.56. The summed E-state index contributed by atoms with van der Waals surface area (Å²) in [5, 5.41) is 0. The number of benzene rings is 1. The first-order valence-electron chi connectivity index (χ1n) is 6.11. The topological polar surface area (TPSA) is 46.3 Å². The lowest BCUT2D eigenvalue weighted by Crippen LogP contribution is -2.48. The van der Waals surface area contributed by atoms with Gasteiger partial charge in [-0.2, -0.15) is 0 Å². The monoisotopic (exact) mass is 272 g/mol. The highest BCUT2D eigenvalue weighted by molar-refractivity contribution is 5.94. The predicted octanol–water partition coefficient (Wildman–Crippen LogP) is 2.06. The summed E-state index contributed by atoms with van der Waals surface area (Å²) in [6, 6.07) is 1.37. The molecular formula is C13H15F3N2O. The minimum absolute atomic E-state index is 0.0285. The van der Waals surface area contributed by atoms with E-state index in [2.05, 4.69) is 0 Å². The van der Waals surface area contributed by atoms with Gasteiger partial charge in [0.25, 0.3) is 5.91 Å². The largest absolute Gasteiger partial charge is 0.336 e. The molecule has 2 N–H and O–H groups in total. The molecule has 1 aromatic rings. The number of nitrogens with zero attached hydrogens (tertiary/aromatic N) is 1. The van der Waals surface area contributed by atoms with Crippen LogP contribution in [0.3, 0.4) is 0 Å². The lowest BCUT2D eigenvalue weighted by molar-refractivity contribution is 0.0617. The molecule has 1 amide bonds. The number of piperidine rings is 1. The lowest BCUT2D eigenvalue weighted by Gasteiger charge is -2.36. The molecule has 0 aromatic heterocycles. The molecule has 6 heteroatoms. The zero-order valence-electron chi connectivity index (χ0n) is 10.5. The van der Waals surface area contributed by atoms with Crippen molar-refractivity contribution in [3.63, 3.8) is 0 Å². The summed E-state index contributed by atoms with van der Waals surface area (Å²) in [7, 11) is 0. The van der Waals surface area contributed by atoms with Gasteiger partial charge in [0.05, 0.1) is 0 Å². The molecule has 0 spiro atoms. The normalized spacial score (nSPS) is 23.5. The number of hydrogen-bond donors (Lipinski definition) is 1. The highest BCUT2D eigenvalue weighted by Crippen LogP contribution is 2.21. The van der Waals surface area contributed by atoms with Gasteiger partial charge in [0.2, 0.25) is 0 Å². The van der Waals surface area contributed by atoms with Crippen molar-refractivity contribution in [3.05, 3.63) is 35.1 Å². The molecule has 1 saturated heterocycles. The van der Waals surface area contributed by atoms with Gasteiger partial charge in [-0.1, -0.05) is 0 Å². The number of rotatable bonds is 1. The first-order valence-corrected chi connectivity index (χ1v) is 6.11. The molecule has 1 aliphatic heterocycles. The van der Waals surface area contributed by atoms with Crippen LogP contribution in [0.1, 0.15) is 30.1 Å². The van der Waals surface area contributed by atoms with Crippen molar-refractivity contribution in [2.45, 2.75) is 31.8 Å². The number of amides is 1. The summed E-state index contributed by atoms with van der Waals surface area (Å²) in [4.78, 5) is 13.7. The molecule has 0 bridgehead atoms. The first kappa shape index (κ1) is 13.9. The molecular weight excluding hydrogens is 257 g/mol. The summed E-state index contributed by atoms with van der Waals surface area (Å²) >= 11 is 0. The maximum absolute atomic E-state index is 13.1. The van der Waals surface area contributed by atoms with E-state index in [-0.39, 0.29) is 17.6 Å². The summed E-state index contributed by atoms with van der Waals surface area (Å²) in [5.41, 5.74) is 5.60. The van der Waals surface area contributed by atoms with Gasteiger partial charge in [-0.05, 0) is 31.9 Å². The highest BCUT2D eigenvalue weighted by Gasteiger charge is 2.28. The van der Waals surface area contributed by atoms with Gasteiger partial charge >= 0.3 is 0 Å². The van der Waals surface area contributed by atoms with Crippen LogP contribution in [-0.4, -0.2) is 29.4 Å². The van der Waals surface area contributed by atoms with Gasteiger partial charge in [-0.3, -0.25) is 4.79 Å². The van der Waals surface area contributed by atoms with Crippen LogP contribution >= 0.6 is 0 Å². The van der Waals surface area contributed by atoms with Crippen LogP contribution in [-0.2, 0) is 0 Å². The van der Waals surface area contributed by atoms with E-state index in [0.29, 0.717) is 19.4 Å². The van der Waals surface area contributed by atoms with Crippen LogP contribution in [0, 0.1) is 17.5 Å². The fourth-order valence-corrected chi connectivity index (χ4v) is 2.36. The quantitative estimate of drug-likeness (QED) is 0.795. The van der Waals surface area contributed by atoms with Gasteiger partial charge in [-0.15, -0.1) is 0 Å². The Balaban J connectivity index is 2.25. The minimum atomic E-state index is -1.56. The van der Waals surface area contributed by atoms with Crippen molar-refractivity contribution in [3.8, 4) is 0 Å². The number of likely N-dealkylation sites (tertiary alicyclic amines) is 1. The maximum Gasteiger partial charge on any atom is 0.254 e. The van der Waals surface area contributed by atoms with E-state index in [4.69, 9.17) is 5.73 Å².